The van der Waals surface area contributed by atoms with Crippen LogP contribution in [-0.4, -0.2) is 29.8 Å². The average molecular weight is 350 g/mol. The molecule has 0 aliphatic heterocycles. The average Bonchev–Trinajstić information content (AvgIpc) is 2.61. The highest BCUT2D eigenvalue weighted by molar-refractivity contribution is 6.30. The third-order valence-electron chi connectivity index (χ3n) is 5.40. The molecule has 1 fully saturated rings. The summed E-state index contributed by atoms with van der Waals surface area (Å²) >= 11 is 5.96. The molecule has 0 amide bonds. The van der Waals surface area contributed by atoms with E-state index in [-0.39, 0.29) is 0 Å². The van der Waals surface area contributed by atoms with E-state index in [2.05, 4.69) is 30.9 Å². The Morgan fingerprint density at radius 3 is 2.50 bits per heavy atom. The Morgan fingerprint density at radius 1 is 1.21 bits per heavy atom. The second-order valence-corrected chi connectivity index (χ2v) is 7.65. The van der Waals surface area contributed by atoms with E-state index in [1.165, 1.54) is 24.8 Å². The monoisotopic (exact) mass is 349 g/mol. The van der Waals surface area contributed by atoms with E-state index in [9.17, 15) is 4.79 Å². The van der Waals surface area contributed by atoms with Gasteiger partial charge in [0, 0.05) is 23.4 Å². The summed E-state index contributed by atoms with van der Waals surface area (Å²) in [6, 6.07) is 8.63. The number of halogens is 1. The van der Waals surface area contributed by atoms with E-state index in [0.717, 1.165) is 50.2 Å². The summed E-state index contributed by atoms with van der Waals surface area (Å²) in [7, 11) is 0. The van der Waals surface area contributed by atoms with Crippen molar-refractivity contribution >= 4 is 17.4 Å². The van der Waals surface area contributed by atoms with Crippen LogP contribution in [0.15, 0.2) is 24.3 Å². The number of nitrogens with zero attached hydrogens (tertiary/aromatic N) is 1. The summed E-state index contributed by atoms with van der Waals surface area (Å²) < 4.78 is 0. The summed E-state index contributed by atoms with van der Waals surface area (Å²) in [6.07, 6.45) is 8.85. The molecule has 1 aromatic rings. The maximum absolute atomic E-state index is 12.3. The lowest BCUT2D eigenvalue weighted by molar-refractivity contribution is -0.124. The first-order chi connectivity index (χ1) is 11.6. The standard InChI is InChI=1S/C21H32ClNO/c1-3-23(17(2)16-18-11-13-20(22)14-12-18)15-7-10-21(24)19-8-5-4-6-9-19/h11-14,17,19H,3-10,15-16H2,1-2H3. The minimum absolute atomic E-state index is 0.361. The number of hydrogen-bond acceptors (Lipinski definition) is 2. The first-order valence-corrected chi connectivity index (χ1v) is 9.99. The molecule has 1 atom stereocenters. The molecule has 0 radical (unpaired) electrons. The van der Waals surface area contributed by atoms with Crippen molar-refractivity contribution in [1.82, 2.24) is 4.90 Å². The maximum atomic E-state index is 12.3. The van der Waals surface area contributed by atoms with Gasteiger partial charge < -0.3 is 4.90 Å². The molecule has 2 rings (SSSR count). The molecule has 0 N–H and O–H groups in total. The lowest BCUT2D eigenvalue weighted by Crippen LogP contribution is -2.35. The fourth-order valence-corrected chi connectivity index (χ4v) is 3.99. The summed E-state index contributed by atoms with van der Waals surface area (Å²) in [5.41, 5.74) is 1.32. The second kappa shape index (κ2) is 10.2. The van der Waals surface area contributed by atoms with E-state index in [4.69, 9.17) is 11.6 Å². The third-order valence-corrected chi connectivity index (χ3v) is 5.65. The van der Waals surface area contributed by atoms with Gasteiger partial charge in [-0.15, -0.1) is 0 Å². The predicted molar refractivity (Wildman–Crippen MR) is 103 cm³/mol. The molecule has 0 heterocycles. The quantitative estimate of drug-likeness (QED) is 0.584. The van der Waals surface area contributed by atoms with Crippen LogP contribution in [0.3, 0.4) is 0 Å². The molecule has 1 aliphatic rings. The first-order valence-electron chi connectivity index (χ1n) is 9.61. The molecule has 134 valence electrons. The Labute approximate surface area is 152 Å². The fraction of sp³-hybridized carbons (Fsp3) is 0.667. The Balaban J connectivity index is 1.74. The van der Waals surface area contributed by atoms with Crippen molar-refractivity contribution in [3.05, 3.63) is 34.9 Å². The highest BCUT2D eigenvalue weighted by Crippen LogP contribution is 2.25. The predicted octanol–water partition coefficient (Wildman–Crippen LogP) is 5.52. The lowest BCUT2D eigenvalue weighted by Gasteiger charge is -2.28. The highest BCUT2D eigenvalue weighted by atomic mass is 35.5. The van der Waals surface area contributed by atoms with Gasteiger partial charge in [0.15, 0.2) is 0 Å². The molecule has 1 saturated carbocycles. The molecule has 0 bridgehead atoms. The van der Waals surface area contributed by atoms with Crippen molar-refractivity contribution in [1.29, 1.82) is 0 Å². The van der Waals surface area contributed by atoms with Gasteiger partial charge >= 0.3 is 0 Å². The number of likely N-dealkylation sites (N-methyl/N-ethyl adjacent to an activating group) is 1. The Morgan fingerprint density at radius 2 is 1.88 bits per heavy atom. The van der Waals surface area contributed by atoms with Crippen LogP contribution in [0.25, 0.3) is 0 Å². The van der Waals surface area contributed by atoms with Gasteiger partial charge in [0.25, 0.3) is 0 Å². The largest absolute Gasteiger partial charge is 0.301 e. The van der Waals surface area contributed by atoms with Crippen molar-refractivity contribution in [2.45, 2.75) is 71.3 Å². The zero-order valence-electron chi connectivity index (χ0n) is 15.3. The van der Waals surface area contributed by atoms with Gasteiger partial charge in [-0.3, -0.25) is 4.79 Å². The minimum atomic E-state index is 0.361. The van der Waals surface area contributed by atoms with Crippen LogP contribution in [0.5, 0.6) is 0 Å². The molecule has 0 saturated heterocycles. The fourth-order valence-electron chi connectivity index (χ4n) is 3.87. The molecular formula is C21H32ClNO. The van der Waals surface area contributed by atoms with Crippen LogP contribution in [0.4, 0.5) is 0 Å². The second-order valence-electron chi connectivity index (χ2n) is 7.21. The summed E-state index contributed by atoms with van der Waals surface area (Å²) in [4.78, 5) is 14.8. The van der Waals surface area contributed by atoms with Gasteiger partial charge in [-0.1, -0.05) is 49.9 Å². The number of carbonyl (C=O) groups is 1. The van der Waals surface area contributed by atoms with Gasteiger partial charge in [0.2, 0.25) is 0 Å². The number of benzene rings is 1. The topological polar surface area (TPSA) is 20.3 Å². The van der Waals surface area contributed by atoms with Crippen molar-refractivity contribution in [2.75, 3.05) is 13.1 Å². The molecular weight excluding hydrogens is 318 g/mol. The third kappa shape index (κ3) is 6.22. The van der Waals surface area contributed by atoms with Crippen molar-refractivity contribution in [3.63, 3.8) is 0 Å². The normalized spacial score (nSPS) is 17.2. The maximum Gasteiger partial charge on any atom is 0.136 e. The molecule has 1 aromatic carbocycles. The molecule has 1 unspecified atom stereocenters. The zero-order chi connectivity index (χ0) is 17.4. The molecule has 24 heavy (non-hydrogen) atoms. The molecule has 3 heteroatoms. The SMILES string of the molecule is CCN(CCCC(=O)C1CCCCC1)C(C)Cc1ccc(Cl)cc1. The van der Waals surface area contributed by atoms with Crippen LogP contribution >= 0.6 is 11.6 Å². The van der Waals surface area contributed by atoms with Crippen LogP contribution in [-0.2, 0) is 11.2 Å². The number of ketones is 1. The van der Waals surface area contributed by atoms with E-state index in [1.54, 1.807) is 0 Å². The number of carbonyl (C=O) groups excluding carboxylic acids is 1. The Bertz CT molecular complexity index is 493. The minimum Gasteiger partial charge on any atom is -0.301 e. The van der Waals surface area contributed by atoms with Gasteiger partial charge in [0.1, 0.15) is 5.78 Å². The van der Waals surface area contributed by atoms with Crippen LogP contribution < -0.4 is 0 Å². The number of rotatable bonds is 9. The smallest absolute Gasteiger partial charge is 0.136 e. The van der Waals surface area contributed by atoms with Gasteiger partial charge in [-0.05, 0) is 63.4 Å². The highest BCUT2D eigenvalue weighted by Gasteiger charge is 2.21. The van der Waals surface area contributed by atoms with E-state index in [0.29, 0.717) is 17.7 Å². The Hall–Kier alpha value is -0.860. The van der Waals surface area contributed by atoms with Gasteiger partial charge in [0.05, 0.1) is 0 Å². The molecule has 2 nitrogen and oxygen atoms in total. The first kappa shape index (κ1) is 19.5. The number of hydrogen-bond donors (Lipinski definition) is 0. The molecule has 0 spiro atoms. The zero-order valence-corrected chi connectivity index (χ0v) is 16.0. The van der Waals surface area contributed by atoms with Crippen LogP contribution in [0.2, 0.25) is 5.02 Å². The van der Waals surface area contributed by atoms with Gasteiger partial charge in [-0.2, -0.15) is 0 Å². The Kier molecular flexibility index (Phi) is 8.28. The summed E-state index contributed by atoms with van der Waals surface area (Å²) in [5.74, 6) is 0.872. The van der Waals surface area contributed by atoms with Gasteiger partial charge in [-0.25, -0.2) is 0 Å². The number of Topliss-reactive ketones (excluding diaryl/α,β-unsaturated/α-hetero) is 1. The van der Waals surface area contributed by atoms with Crippen LogP contribution in [0.1, 0.15) is 64.4 Å². The van der Waals surface area contributed by atoms with Crippen molar-refractivity contribution < 1.29 is 4.79 Å². The van der Waals surface area contributed by atoms with E-state index < -0.39 is 0 Å². The molecule has 1 aliphatic carbocycles. The van der Waals surface area contributed by atoms with Crippen molar-refractivity contribution in [2.24, 2.45) is 5.92 Å². The lowest BCUT2D eigenvalue weighted by atomic mass is 9.85. The van der Waals surface area contributed by atoms with Crippen LogP contribution in [0, 0.1) is 5.92 Å². The van der Waals surface area contributed by atoms with E-state index >= 15 is 0 Å². The summed E-state index contributed by atoms with van der Waals surface area (Å²) in [5, 5.41) is 0.792. The van der Waals surface area contributed by atoms with Crippen molar-refractivity contribution in [3.8, 4) is 0 Å². The molecule has 0 aromatic heterocycles. The van der Waals surface area contributed by atoms with E-state index in [1.807, 2.05) is 12.1 Å². The summed E-state index contributed by atoms with van der Waals surface area (Å²) in [6.45, 7) is 6.54.